The molecule has 0 saturated carbocycles. The van der Waals surface area contributed by atoms with Gasteiger partial charge in [0.05, 0.1) is 6.61 Å². The number of hydrogen-bond donors (Lipinski definition) is 1. The monoisotopic (exact) mass is 204 g/mol. The standard InChI is InChI=1S/C9H16N2O.ClH/c1-11-6-3-4-9(11)8-10-5-7-12-2;/h3-4,6,10H,5,7-8H2,1-2H3;1H. The van der Waals surface area contributed by atoms with Crippen molar-refractivity contribution in [3.63, 3.8) is 0 Å². The van der Waals surface area contributed by atoms with Gasteiger partial charge in [-0.25, -0.2) is 0 Å². The molecular weight excluding hydrogens is 188 g/mol. The molecule has 1 N–H and O–H groups in total. The van der Waals surface area contributed by atoms with Crippen molar-refractivity contribution < 1.29 is 4.74 Å². The number of rotatable bonds is 5. The predicted molar refractivity (Wildman–Crippen MR) is 56.2 cm³/mol. The first-order chi connectivity index (χ1) is 5.84. The van der Waals surface area contributed by atoms with Crippen molar-refractivity contribution in [3.8, 4) is 0 Å². The summed E-state index contributed by atoms with van der Waals surface area (Å²) in [6.45, 7) is 2.58. The summed E-state index contributed by atoms with van der Waals surface area (Å²) in [7, 11) is 3.76. The van der Waals surface area contributed by atoms with Crippen LogP contribution in [0.5, 0.6) is 0 Å². The number of nitrogens with one attached hydrogen (secondary N) is 1. The van der Waals surface area contributed by atoms with Crippen LogP contribution >= 0.6 is 12.4 Å². The first-order valence-corrected chi connectivity index (χ1v) is 4.14. The predicted octanol–water partition coefficient (Wildman–Crippen LogP) is 1.18. The smallest absolute Gasteiger partial charge is 0.0587 e. The Morgan fingerprint density at radius 3 is 2.85 bits per heavy atom. The van der Waals surface area contributed by atoms with Gasteiger partial charge in [0.1, 0.15) is 0 Å². The Hall–Kier alpha value is -0.510. The summed E-state index contributed by atoms with van der Waals surface area (Å²) in [5.41, 5.74) is 1.30. The fraction of sp³-hybridized carbons (Fsp3) is 0.556. The van der Waals surface area contributed by atoms with E-state index in [9.17, 15) is 0 Å². The van der Waals surface area contributed by atoms with Crippen molar-refractivity contribution in [2.75, 3.05) is 20.3 Å². The number of hydrogen-bond acceptors (Lipinski definition) is 2. The molecule has 4 heteroatoms. The second-order valence-electron chi connectivity index (χ2n) is 2.78. The molecule has 0 amide bonds. The number of nitrogens with zero attached hydrogens (tertiary/aromatic N) is 1. The largest absolute Gasteiger partial charge is 0.383 e. The topological polar surface area (TPSA) is 26.2 Å². The minimum Gasteiger partial charge on any atom is -0.383 e. The number of aromatic nitrogens is 1. The molecule has 0 bridgehead atoms. The average Bonchev–Trinajstić information content (AvgIpc) is 2.46. The van der Waals surface area contributed by atoms with E-state index in [-0.39, 0.29) is 12.4 Å². The van der Waals surface area contributed by atoms with E-state index >= 15 is 0 Å². The van der Waals surface area contributed by atoms with Gasteiger partial charge in [-0.15, -0.1) is 12.4 Å². The molecule has 0 aliphatic carbocycles. The highest BCUT2D eigenvalue weighted by Crippen LogP contribution is 1.97. The minimum absolute atomic E-state index is 0. The van der Waals surface area contributed by atoms with Gasteiger partial charge in [0.15, 0.2) is 0 Å². The van der Waals surface area contributed by atoms with Crippen molar-refractivity contribution in [1.82, 2.24) is 9.88 Å². The maximum atomic E-state index is 4.92. The molecule has 0 aliphatic rings. The number of halogens is 1. The fourth-order valence-electron chi connectivity index (χ4n) is 1.07. The molecule has 0 spiro atoms. The molecule has 0 atom stereocenters. The number of ether oxygens (including phenoxy) is 1. The highest BCUT2D eigenvalue weighted by atomic mass is 35.5. The Kier molecular flexibility index (Phi) is 6.68. The van der Waals surface area contributed by atoms with E-state index in [0.29, 0.717) is 0 Å². The van der Waals surface area contributed by atoms with Gasteiger partial charge in [0, 0.05) is 39.1 Å². The van der Waals surface area contributed by atoms with Crippen molar-refractivity contribution >= 4 is 12.4 Å². The van der Waals surface area contributed by atoms with Gasteiger partial charge in [-0.05, 0) is 12.1 Å². The lowest BCUT2D eigenvalue weighted by molar-refractivity contribution is 0.199. The Bertz CT molecular complexity index is 225. The summed E-state index contributed by atoms with van der Waals surface area (Å²) in [6.07, 6.45) is 2.05. The quantitative estimate of drug-likeness (QED) is 0.730. The van der Waals surface area contributed by atoms with Gasteiger partial charge in [-0.3, -0.25) is 0 Å². The van der Waals surface area contributed by atoms with E-state index < -0.39 is 0 Å². The fourth-order valence-corrected chi connectivity index (χ4v) is 1.07. The Morgan fingerprint density at radius 1 is 1.54 bits per heavy atom. The minimum atomic E-state index is 0. The molecule has 0 unspecified atom stereocenters. The molecule has 76 valence electrons. The second kappa shape index (κ2) is 6.95. The molecule has 1 aromatic rings. The van der Waals surface area contributed by atoms with Crippen LogP contribution in [0.1, 0.15) is 5.69 Å². The maximum absolute atomic E-state index is 4.92. The van der Waals surface area contributed by atoms with Crippen LogP contribution in [0.4, 0.5) is 0 Å². The molecule has 1 aromatic heterocycles. The highest BCUT2D eigenvalue weighted by Gasteiger charge is 1.94. The third-order valence-electron chi connectivity index (χ3n) is 1.84. The Balaban J connectivity index is 0.00000144. The molecule has 0 aromatic carbocycles. The lowest BCUT2D eigenvalue weighted by Crippen LogP contribution is -2.19. The van der Waals surface area contributed by atoms with Gasteiger partial charge in [0.25, 0.3) is 0 Å². The van der Waals surface area contributed by atoms with Crippen LogP contribution in [0.25, 0.3) is 0 Å². The third kappa shape index (κ3) is 4.31. The SMILES string of the molecule is COCCNCc1cccn1C.Cl. The van der Waals surface area contributed by atoms with Crippen LogP contribution in [-0.2, 0) is 18.3 Å². The molecule has 0 aliphatic heterocycles. The van der Waals surface area contributed by atoms with Crippen LogP contribution < -0.4 is 5.32 Å². The van der Waals surface area contributed by atoms with Gasteiger partial charge >= 0.3 is 0 Å². The molecule has 13 heavy (non-hydrogen) atoms. The van der Waals surface area contributed by atoms with Crippen LogP contribution in [0, 0.1) is 0 Å². The second-order valence-corrected chi connectivity index (χ2v) is 2.78. The van der Waals surface area contributed by atoms with Gasteiger partial charge < -0.3 is 14.6 Å². The first kappa shape index (κ1) is 12.5. The van der Waals surface area contributed by atoms with Crippen molar-refractivity contribution in [2.45, 2.75) is 6.54 Å². The first-order valence-electron chi connectivity index (χ1n) is 4.14. The van der Waals surface area contributed by atoms with Gasteiger partial charge in [0.2, 0.25) is 0 Å². The Labute approximate surface area is 85.5 Å². The summed E-state index contributed by atoms with van der Waals surface area (Å²) in [5, 5.41) is 3.28. The van der Waals surface area contributed by atoms with Gasteiger partial charge in [-0.2, -0.15) is 0 Å². The van der Waals surface area contributed by atoms with Gasteiger partial charge in [-0.1, -0.05) is 0 Å². The van der Waals surface area contributed by atoms with Crippen molar-refractivity contribution in [1.29, 1.82) is 0 Å². The van der Waals surface area contributed by atoms with E-state index in [1.807, 2.05) is 19.3 Å². The molecule has 0 saturated heterocycles. The molecular formula is C9H17ClN2O. The van der Waals surface area contributed by atoms with E-state index in [1.54, 1.807) is 7.11 Å². The third-order valence-corrected chi connectivity index (χ3v) is 1.84. The zero-order valence-electron chi connectivity index (χ0n) is 8.12. The summed E-state index contributed by atoms with van der Waals surface area (Å²) >= 11 is 0. The zero-order chi connectivity index (χ0) is 8.81. The molecule has 0 radical (unpaired) electrons. The summed E-state index contributed by atoms with van der Waals surface area (Å²) in [4.78, 5) is 0. The van der Waals surface area contributed by atoms with Crippen molar-refractivity contribution in [2.24, 2.45) is 7.05 Å². The number of aryl methyl sites for hydroxylation is 1. The van der Waals surface area contributed by atoms with E-state index in [4.69, 9.17) is 4.74 Å². The lowest BCUT2D eigenvalue weighted by Gasteiger charge is -2.04. The lowest BCUT2D eigenvalue weighted by atomic mass is 10.4. The van der Waals surface area contributed by atoms with E-state index in [2.05, 4.69) is 16.0 Å². The van der Waals surface area contributed by atoms with Crippen molar-refractivity contribution in [3.05, 3.63) is 24.0 Å². The molecule has 1 rings (SSSR count). The average molecular weight is 205 g/mol. The zero-order valence-corrected chi connectivity index (χ0v) is 8.93. The molecule has 3 nitrogen and oxygen atoms in total. The van der Waals surface area contributed by atoms with Crippen LogP contribution in [0.15, 0.2) is 18.3 Å². The van der Waals surface area contributed by atoms with E-state index in [0.717, 1.165) is 19.7 Å². The van der Waals surface area contributed by atoms with E-state index in [1.165, 1.54) is 5.69 Å². The Morgan fingerprint density at radius 2 is 2.31 bits per heavy atom. The maximum Gasteiger partial charge on any atom is 0.0587 e. The molecule has 1 heterocycles. The summed E-state index contributed by atoms with van der Waals surface area (Å²) in [5.74, 6) is 0. The normalized spacial score (nSPS) is 9.69. The summed E-state index contributed by atoms with van der Waals surface area (Å²) in [6, 6.07) is 4.16. The highest BCUT2D eigenvalue weighted by molar-refractivity contribution is 5.85. The molecule has 0 fully saturated rings. The summed E-state index contributed by atoms with van der Waals surface area (Å²) < 4.78 is 7.03. The van der Waals surface area contributed by atoms with Crippen LogP contribution in [0.2, 0.25) is 0 Å². The van der Waals surface area contributed by atoms with Crippen LogP contribution in [-0.4, -0.2) is 24.8 Å². The van der Waals surface area contributed by atoms with Crippen LogP contribution in [0.3, 0.4) is 0 Å². The number of methoxy groups -OCH3 is 1.